The molecular formula is C21H30N4O4. The van der Waals surface area contributed by atoms with Crippen LogP contribution in [0.25, 0.3) is 0 Å². The summed E-state index contributed by atoms with van der Waals surface area (Å²) in [7, 11) is 1.54. The summed E-state index contributed by atoms with van der Waals surface area (Å²) < 4.78 is 6.64. The Morgan fingerprint density at radius 1 is 1.17 bits per heavy atom. The van der Waals surface area contributed by atoms with Crippen LogP contribution in [-0.4, -0.2) is 29.1 Å². The van der Waals surface area contributed by atoms with E-state index in [-0.39, 0.29) is 35.7 Å². The molecule has 1 amide bonds. The zero-order valence-corrected chi connectivity index (χ0v) is 17.7. The highest BCUT2D eigenvalue weighted by atomic mass is 16.5. The van der Waals surface area contributed by atoms with Gasteiger partial charge in [-0.25, -0.2) is 4.79 Å². The Morgan fingerprint density at radius 3 is 2.41 bits per heavy atom. The summed E-state index contributed by atoms with van der Waals surface area (Å²) in [6, 6.07) is 7.22. The van der Waals surface area contributed by atoms with Crippen LogP contribution in [0.2, 0.25) is 0 Å². The van der Waals surface area contributed by atoms with Crippen LogP contribution in [0.4, 0.5) is 11.5 Å². The minimum atomic E-state index is -0.665. The zero-order valence-electron chi connectivity index (χ0n) is 17.7. The van der Waals surface area contributed by atoms with Gasteiger partial charge in [-0.15, -0.1) is 0 Å². The molecule has 2 rings (SSSR count). The van der Waals surface area contributed by atoms with Gasteiger partial charge in [0, 0.05) is 18.7 Å². The average molecular weight is 402 g/mol. The van der Waals surface area contributed by atoms with Gasteiger partial charge in [0.2, 0.25) is 5.91 Å². The van der Waals surface area contributed by atoms with E-state index < -0.39 is 11.2 Å². The Morgan fingerprint density at radius 2 is 1.83 bits per heavy atom. The third kappa shape index (κ3) is 5.28. The molecule has 0 aliphatic carbocycles. The molecule has 3 N–H and O–H groups in total. The lowest BCUT2D eigenvalue weighted by Gasteiger charge is -2.26. The lowest BCUT2D eigenvalue weighted by Crippen LogP contribution is -2.43. The number of nitrogen functional groups attached to an aromatic ring is 1. The van der Waals surface area contributed by atoms with Crippen molar-refractivity contribution in [3.63, 3.8) is 0 Å². The smallest absolute Gasteiger partial charge is 0.330 e. The van der Waals surface area contributed by atoms with Gasteiger partial charge in [-0.3, -0.25) is 19.1 Å². The number of aromatic nitrogens is 2. The van der Waals surface area contributed by atoms with Crippen molar-refractivity contribution in [2.24, 2.45) is 11.8 Å². The highest BCUT2D eigenvalue weighted by molar-refractivity contribution is 5.97. The Labute approximate surface area is 170 Å². The molecular weight excluding hydrogens is 372 g/mol. The van der Waals surface area contributed by atoms with Gasteiger partial charge >= 0.3 is 5.69 Å². The number of hydrogen-bond acceptors (Lipinski definition) is 5. The van der Waals surface area contributed by atoms with Crippen LogP contribution in [0.15, 0.2) is 33.9 Å². The number of methoxy groups -OCH3 is 1. The van der Waals surface area contributed by atoms with Crippen molar-refractivity contribution in [1.82, 2.24) is 9.55 Å². The summed E-state index contributed by atoms with van der Waals surface area (Å²) in [5.41, 5.74) is 5.70. The largest absolute Gasteiger partial charge is 0.496 e. The van der Waals surface area contributed by atoms with Crippen LogP contribution < -0.4 is 26.6 Å². The van der Waals surface area contributed by atoms with Crippen molar-refractivity contribution in [3.05, 3.63) is 50.7 Å². The van der Waals surface area contributed by atoms with Gasteiger partial charge in [0.05, 0.1) is 13.5 Å². The third-order valence-electron chi connectivity index (χ3n) is 4.41. The van der Waals surface area contributed by atoms with E-state index in [1.807, 2.05) is 39.8 Å². The maximum Gasteiger partial charge on any atom is 0.330 e. The molecule has 0 radical (unpaired) electrons. The third-order valence-corrected chi connectivity index (χ3v) is 4.41. The number of anilines is 2. The maximum absolute atomic E-state index is 13.2. The van der Waals surface area contributed by atoms with Crippen LogP contribution >= 0.6 is 0 Å². The molecule has 8 nitrogen and oxygen atoms in total. The first-order valence-corrected chi connectivity index (χ1v) is 9.70. The molecule has 0 spiro atoms. The number of ether oxygens (including phenoxy) is 1. The minimum Gasteiger partial charge on any atom is -0.496 e. The van der Waals surface area contributed by atoms with Gasteiger partial charge in [-0.2, -0.15) is 0 Å². The number of nitrogens with one attached hydrogen (secondary N) is 1. The molecule has 0 aliphatic heterocycles. The number of carbonyl (C=O) groups excluding carboxylic acids is 1. The second-order valence-electron chi connectivity index (χ2n) is 7.88. The molecule has 29 heavy (non-hydrogen) atoms. The Bertz CT molecular complexity index is 975. The summed E-state index contributed by atoms with van der Waals surface area (Å²) in [6.07, 6.45) is 0.0406. The van der Waals surface area contributed by atoms with Crippen LogP contribution in [0.5, 0.6) is 5.75 Å². The summed E-state index contributed by atoms with van der Waals surface area (Å²) in [5, 5.41) is 0. The van der Waals surface area contributed by atoms with E-state index in [9.17, 15) is 14.4 Å². The number of amides is 1. The second-order valence-corrected chi connectivity index (χ2v) is 7.88. The lowest BCUT2D eigenvalue weighted by molar-refractivity contribution is -0.118. The molecule has 0 unspecified atom stereocenters. The van der Waals surface area contributed by atoms with E-state index in [2.05, 4.69) is 4.98 Å². The molecule has 158 valence electrons. The molecule has 0 atom stereocenters. The molecule has 0 saturated heterocycles. The summed E-state index contributed by atoms with van der Waals surface area (Å²) >= 11 is 0. The number of nitrogens with two attached hydrogens (primary N) is 1. The topological polar surface area (TPSA) is 110 Å². The SMILES string of the molecule is COc1ccccc1CC(=O)N(CC(C)C)c1c(N)n(CC(C)C)c(=O)[nH]c1=O. The first-order valence-electron chi connectivity index (χ1n) is 9.70. The Hall–Kier alpha value is -3.03. The van der Waals surface area contributed by atoms with Crippen molar-refractivity contribution >= 4 is 17.4 Å². The number of nitrogens with zero attached hydrogens (tertiary/aromatic N) is 2. The van der Waals surface area contributed by atoms with E-state index in [4.69, 9.17) is 10.5 Å². The molecule has 0 saturated carbocycles. The van der Waals surface area contributed by atoms with E-state index in [0.717, 1.165) is 0 Å². The summed E-state index contributed by atoms with van der Waals surface area (Å²) in [5.74, 6) is 0.520. The molecule has 1 aromatic heterocycles. The number of rotatable bonds is 8. The molecule has 0 bridgehead atoms. The van der Waals surface area contributed by atoms with Gasteiger partial charge in [0.1, 0.15) is 11.6 Å². The lowest BCUT2D eigenvalue weighted by atomic mass is 10.1. The summed E-state index contributed by atoms with van der Waals surface area (Å²) in [6.45, 7) is 8.40. The number of benzene rings is 1. The highest BCUT2D eigenvalue weighted by Crippen LogP contribution is 2.23. The van der Waals surface area contributed by atoms with Crippen molar-refractivity contribution in [3.8, 4) is 5.75 Å². The number of H-pyrrole nitrogens is 1. The van der Waals surface area contributed by atoms with Crippen molar-refractivity contribution in [2.45, 2.75) is 40.7 Å². The van der Waals surface area contributed by atoms with Gasteiger partial charge < -0.3 is 15.4 Å². The van der Waals surface area contributed by atoms with E-state index in [1.54, 1.807) is 19.2 Å². The number of hydrogen-bond donors (Lipinski definition) is 2. The fraction of sp³-hybridized carbons (Fsp3) is 0.476. The predicted octanol–water partition coefficient (Wildman–Crippen LogP) is 2.02. The molecule has 8 heteroatoms. The minimum absolute atomic E-state index is 0.00137. The normalized spacial score (nSPS) is 11.1. The molecule has 1 heterocycles. The van der Waals surface area contributed by atoms with Crippen molar-refractivity contribution in [2.75, 3.05) is 24.3 Å². The fourth-order valence-electron chi connectivity index (χ4n) is 3.17. The Kier molecular flexibility index (Phi) is 7.25. The molecule has 0 aliphatic rings. The second kappa shape index (κ2) is 9.45. The predicted molar refractivity (Wildman–Crippen MR) is 114 cm³/mol. The van der Waals surface area contributed by atoms with Gasteiger partial charge in [-0.05, 0) is 17.9 Å². The quantitative estimate of drug-likeness (QED) is 0.702. The van der Waals surface area contributed by atoms with Gasteiger partial charge in [0.15, 0.2) is 5.69 Å². The van der Waals surface area contributed by atoms with Crippen LogP contribution in [-0.2, 0) is 17.8 Å². The maximum atomic E-state index is 13.2. The van der Waals surface area contributed by atoms with Crippen molar-refractivity contribution < 1.29 is 9.53 Å². The van der Waals surface area contributed by atoms with Crippen LogP contribution in [0.1, 0.15) is 33.3 Å². The standard InChI is InChI=1S/C21H30N4O4/c1-13(2)11-24(17(26)10-15-8-6-7-9-16(15)29-5)18-19(22)25(12-14(3)4)21(28)23-20(18)27/h6-9,13-14H,10-12,22H2,1-5H3,(H,23,27,28). The highest BCUT2D eigenvalue weighted by Gasteiger charge is 2.26. The van der Waals surface area contributed by atoms with Crippen LogP contribution in [0, 0.1) is 11.8 Å². The fourth-order valence-corrected chi connectivity index (χ4v) is 3.17. The summed E-state index contributed by atoms with van der Waals surface area (Å²) in [4.78, 5) is 41.8. The molecule has 2 aromatic rings. The number of para-hydroxylation sites is 1. The molecule has 1 aromatic carbocycles. The first-order chi connectivity index (χ1) is 13.6. The number of aromatic amines is 1. The van der Waals surface area contributed by atoms with E-state index in [0.29, 0.717) is 24.4 Å². The van der Waals surface area contributed by atoms with Gasteiger partial charge in [-0.1, -0.05) is 45.9 Å². The van der Waals surface area contributed by atoms with Crippen molar-refractivity contribution in [1.29, 1.82) is 0 Å². The first kappa shape index (κ1) is 22.3. The monoisotopic (exact) mass is 402 g/mol. The average Bonchev–Trinajstić information content (AvgIpc) is 2.64. The van der Waals surface area contributed by atoms with Crippen LogP contribution in [0.3, 0.4) is 0 Å². The van der Waals surface area contributed by atoms with E-state index in [1.165, 1.54) is 9.47 Å². The molecule has 0 fully saturated rings. The zero-order chi connectivity index (χ0) is 21.7. The Balaban J connectivity index is 2.54. The number of carbonyl (C=O) groups is 1. The van der Waals surface area contributed by atoms with E-state index >= 15 is 0 Å². The van der Waals surface area contributed by atoms with Gasteiger partial charge in [0.25, 0.3) is 5.56 Å².